The van der Waals surface area contributed by atoms with Gasteiger partial charge < -0.3 is 9.88 Å². The average molecular weight is 426 g/mol. The minimum atomic E-state index is -4.55. The molecule has 0 aliphatic heterocycles. The average Bonchev–Trinajstić information content (AvgIpc) is 3.13. The van der Waals surface area contributed by atoms with Crippen LogP contribution >= 0.6 is 0 Å². The summed E-state index contributed by atoms with van der Waals surface area (Å²) < 4.78 is 41.9. The van der Waals surface area contributed by atoms with Crippen LogP contribution in [0.25, 0.3) is 0 Å². The Morgan fingerprint density at radius 2 is 1.84 bits per heavy atom. The van der Waals surface area contributed by atoms with Crippen molar-refractivity contribution in [2.24, 2.45) is 0 Å². The van der Waals surface area contributed by atoms with Gasteiger partial charge in [0.2, 0.25) is 0 Å². The largest absolute Gasteiger partial charge is 0.418 e. The highest BCUT2D eigenvalue weighted by atomic mass is 19.4. The van der Waals surface area contributed by atoms with Crippen molar-refractivity contribution in [1.82, 2.24) is 4.57 Å². The van der Waals surface area contributed by atoms with Gasteiger partial charge in [-0.1, -0.05) is 50.4 Å². The number of alkyl halides is 3. The van der Waals surface area contributed by atoms with E-state index < -0.39 is 17.6 Å². The van der Waals surface area contributed by atoms with Crippen LogP contribution in [-0.2, 0) is 18.1 Å². The van der Waals surface area contributed by atoms with E-state index in [4.69, 9.17) is 0 Å². The molecule has 162 valence electrons. The maximum Gasteiger partial charge on any atom is 0.418 e. The molecular weight excluding hydrogens is 401 g/mol. The molecule has 0 saturated carbocycles. The summed E-state index contributed by atoms with van der Waals surface area (Å²) >= 11 is 0. The van der Waals surface area contributed by atoms with Crippen molar-refractivity contribution in [3.63, 3.8) is 0 Å². The number of halogens is 3. The first-order valence-corrected chi connectivity index (χ1v) is 10.1. The zero-order chi connectivity index (χ0) is 22.6. The third-order valence-electron chi connectivity index (χ3n) is 4.99. The lowest BCUT2D eigenvalue weighted by molar-refractivity contribution is -0.136. The van der Waals surface area contributed by atoms with E-state index >= 15 is 0 Å². The van der Waals surface area contributed by atoms with Gasteiger partial charge >= 0.3 is 6.18 Å². The van der Waals surface area contributed by atoms with Crippen LogP contribution in [0.1, 0.15) is 55.2 Å². The second kappa shape index (κ2) is 8.89. The second-order valence-corrected chi connectivity index (χ2v) is 8.46. The zero-order valence-electron chi connectivity index (χ0n) is 17.8. The highest BCUT2D eigenvalue weighted by Gasteiger charge is 2.34. The minimum absolute atomic E-state index is 0.246. The van der Waals surface area contributed by atoms with E-state index in [2.05, 4.69) is 16.8 Å². The van der Waals surface area contributed by atoms with Crippen LogP contribution in [0.4, 0.5) is 18.9 Å². The lowest BCUT2D eigenvalue weighted by Crippen LogP contribution is -2.24. The molecule has 1 heterocycles. The number of rotatable bonds is 6. The van der Waals surface area contributed by atoms with Crippen molar-refractivity contribution in [3.05, 3.63) is 88.6 Å². The van der Waals surface area contributed by atoms with Crippen LogP contribution in [-0.4, -0.2) is 10.5 Å². The first-order valence-electron chi connectivity index (χ1n) is 10.1. The van der Waals surface area contributed by atoms with Gasteiger partial charge in [0.15, 0.2) is 0 Å². The molecule has 0 fully saturated rings. The van der Waals surface area contributed by atoms with Crippen LogP contribution in [0.2, 0.25) is 0 Å². The molecule has 3 rings (SSSR count). The van der Waals surface area contributed by atoms with Gasteiger partial charge in [-0.3, -0.25) is 4.79 Å². The topological polar surface area (TPSA) is 34.0 Å². The number of amides is 1. The van der Waals surface area contributed by atoms with Crippen molar-refractivity contribution in [2.75, 3.05) is 5.32 Å². The van der Waals surface area contributed by atoms with E-state index in [-0.39, 0.29) is 11.1 Å². The molecule has 6 heteroatoms. The number of benzene rings is 1. The zero-order valence-corrected chi connectivity index (χ0v) is 17.8. The summed E-state index contributed by atoms with van der Waals surface area (Å²) in [4.78, 5) is 13.0. The molecule has 0 unspecified atom stereocenters. The summed E-state index contributed by atoms with van der Waals surface area (Å²) in [5.74, 6) is -0.548. The van der Waals surface area contributed by atoms with Crippen molar-refractivity contribution >= 4 is 11.6 Å². The number of nitrogens with one attached hydrogen (secondary N) is 1. The predicted octanol–water partition coefficient (Wildman–Crippen LogP) is 6.64. The molecule has 31 heavy (non-hydrogen) atoms. The Hall–Kier alpha value is -3.20. The highest BCUT2D eigenvalue weighted by molar-refractivity contribution is 6.05. The molecule has 3 nitrogen and oxygen atoms in total. The predicted molar refractivity (Wildman–Crippen MR) is 116 cm³/mol. The fourth-order valence-corrected chi connectivity index (χ4v) is 3.69. The van der Waals surface area contributed by atoms with Gasteiger partial charge in [0.1, 0.15) is 0 Å². The molecule has 0 saturated heterocycles. The highest BCUT2D eigenvalue weighted by Crippen LogP contribution is 2.35. The monoisotopic (exact) mass is 426 g/mol. The van der Waals surface area contributed by atoms with Gasteiger partial charge in [-0.2, -0.15) is 13.2 Å². The first kappa shape index (κ1) is 22.5. The van der Waals surface area contributed by atoms with Gasteiger partial charge in [-0.15, -0.1) is 0 Å². The second-order valence-electron chi connectivity index (χ2n) is 8.46. The van der Waals surface area contributed by atoms with Gasteiger partial charge in [0.25, 0.3) is 5.91 Å². The summed E-state index contributed by atoms with van der Waals surface area (Å²) in [5, 5.41) is 2.46. The van der Waals surface area contributed by atoms with Gasteiger partial charge in [0, 0.05) is 23.9 Å². The Kier molecular flexibility index (Phi) is 6.45. The third kappa shape index (κ3) is 5.49. The third-order valence-corrected chi connectivity index (χ3v) is 4.99. The summed E-state index contributed by atoms with van der Waals surface area (Å²) in [6.07, 6.45) is 4.71. The summed E-state index contributed by atoms with van der Waals surface area (Å²) in [6.45, 7) is 6.65. The number of aryl methyl sites for hydroxylation is 1. The number of carbonyl (C=O) groups is 1. The van der Waals surface area contributed by atoms with E-state index in [0.717, 1.165) is 30.2 Å². The van der Waals surface area contributed by atoms with E-state index in [9.17, 15) is 18.0 Å². The van der Waals surface area contributed by atoms with Gasteiger partial charge in [0.05, 0.1) is 16.8 Å². The number of hydrogen-bond donors (Lipinski definition) is 1. The number of carbonyl (C=O) groups excluding carboxylic acids is 1. The molecule has 0 radical (unpaired) electrons. The van der Waals surface area contributed by atoms with Crippen molar-refractivity contribution in [3.8, 4) is 0 Å². The SMILES string of the molecule is CC(C)(C)c1c(C(=O)Nc2ccccc2C(F)(F)F)ccn1CCCC1=CC=C=C=C1. The number of aromatic nitrogens is 1. The fraction of sp³-hybridized carbons (Fsp3) is 0.320. The summed E-state index contributed by atoms with van der Waals surface area (Å²) in [5.41, 5.74) is 6.67. The van der Waals surface area contributed by atoms with Gasteiger partial charge in [-0.05, 0) is 48.8 Å². The van der Waals surface area contributed by atoms with E-state index in [1.165, 1.54) is 18.2 Å². The van der Waals surface area contributed by atoms with Crippen molar-refractivity contribution in [1.29, 1.82) is 0 Å². The number of para-hydroxylation sites is 1. The maximum absolute atomic E-state index is 13.3. The lowest BCUT2D eigenvalue weighted by atomic mass is 9.89. The maximum atomic E-state index is 13.3. The normalized spacial score (nSPS) is 13.4. The Balaban J connectivity index is 1.81. The van der Waals surface area contributed by atoms with Crippen LogP contribution in [0.15, 0.2) is 71.8 Å². The van der Waals surface area contributed by atoms with Crippen molar-refractivity contribution in [2.45, 2.75) is 51.7 Å². The molecule has 1 aliphatic carbocycles. The Bertz CT molecular complexity index is 1100. The number of anilines is 1. The Labute approximate surface area is 180 Å². The summed E-state index contributed by atoms with van der Waals surface area (Å²) in [7, 11) is 0. The van der Waals surface area contributed by atoms with Crippen LogP contribution in [0.5, 0.6) is 0 Å². The van der Waals surface area contributed by atoms with Crippen LogP contribution in [0, 0.1) is 0 Å². The standard InChI is InChI=1S/C25H25F3N2O/c1-24(2,3)22-19(15-17-30(22)16-9-12-18-10-5-4-6-11-18)23(31)29-21-14-8-7-13-20(21)25(26,27)28/h5,7-8,10-11,13-15,17H,9,12,16H2,1-3H3,(H,29,31). The number of nitrogens with zero attached hydrogens (tertiary/aromatic N) is 1. The molecular formula is C25H25F3N2O. The molecule has 1 aliphatic rings. The van der Waals surface area contributed by atoms with Crippen molar-refractivity contribution < 1.29 is 18.0 Å². The number of allylic oxidation sites excluding steroid dienone is 4. The molecule has 2 aromatic rings. The summed E-state index contributed by atoms with van der Waals surface area (Å²) in [6, 6.07) is 6.68. The molecule has 1 aromatic heterocycles. The Morgan fingerprint density at radius 1 is 1.10 bits per heavy atom. The first-order chi connectivity index (χ1) is 14.6. The molecule has 1 amide bonds. The van der Waals surface area contributed by atoms with Gasteiger partial charge in [-0.25, -0.2) is 0 Å². The fourth-order valence-electron chi connectivity index (χ4n) is 3.69. The molecule has 0 bridgehead atoms. The Morgan fingerprint density at radius 3 is 2.48 bits per heavy atom. The quantitative estimate of drug-likeness (QED) is 0.516. The van der Waals surface area contributed by atoms with E-state index in [1.807, 2.05) is 49.8 Å². The molecule has 1 aromatic carbocycles. The molecule has 0 spiro atoms. The van der Waals surface area contributed by atoms with E-state index in [0.29, 0.717) is 12.1 Å². The lowest BCUT2D eigenvalue weighted by Gasteiger charge is -2.24. The van der Waals surface area contributed by atoms with Crippen LogP contribution < -0.4 is 5.32 Å². The smallest absolute Gasteiger partial charge is 0.350 e. The van der Waals surface area contributed by atoms with Crippen LogP contribution in [0.3, 0.4) is 0 Å². The number of hydrogen-bond acceptors (Lipinski definition) is 1. The molecule has 1 N–H and O–H groups in total. The van der Waals surface area contributed by atoms with E-state index in [1.54, 1.807) is 6.07 Å². The molecule has 0 atom stereocenters. The minimum Gasteiger partial charge on any atom is -0.350 e.